The summed E-state index contributed by atoms with van der Waals surface area (Å²) >= 11 is 0. The van der Waals surface area contributed by atoms with Crippen molar-refractivity contribution in [3.8, 4) is 0 Å². The van der Waals surface area contributed by atoms with Crippen molar-refractivity contribution >= 4 is 19.8 Å². The van der Waals surface area contributed by atoms with E-state index in [1.165, 1.54) is 64.2 Å². The summed E-state index contributed by atoms with van der Waals surface area (Å²) in [7, 11) is 1.43. The second-order valence-electron chi connectivity index (χ2n) is 15.7. The second kappa shape index (κ2) is 33.0. The lowest BCUT2D eigenvalue weighted by Gasteiger charge is -2.24. The summed E-state index contributed by atoms with van der Waals surface area (Å²) in [6, 6.07) is 0. The van der Waals surface area contributed by atoms with E-state index in [1.807, 2.05) is 27.2 Å². The topological polar surface area (TPSA) is 121 Å². The highest BCUT2D eigenvalue weighted by Gasteiger charge is 2.35. The van der Waals surface area contributed by atoms with Gasteiger partial charge in [-0.3, -0.25) is 18.6 Å². The Labute approximate surface area is 335 Å². The second-order valence-corrected chi connectivity index (χ2v) is 17.2. The molecule has 0 spiro atoms. The van der Waals surface area contributed by atoms with Gasteiger partial charge in [-0.25, -0.2) is 4.57 Å². The van der Waals surface area contributed by atoms with Crippen LogP contribution in [0.3, 0.4) is 0 Å². The smallest absolute Gasteiger partial charge is 0.462 e. The molecule has 0 radical (unpaired) electrons. The number of carbonyl (C=O) groups is 2. The van der Waals surface area contributed by atoms with Crippen LogP contribution in [0.25, 0.3) is 0 Å². The van der Waals surface area contributed by atoms with Crippen molar-refractivity contribution < 1.29 is 46.8 Å². The zero-order valence-corrected chi connectivity index (χ0v) is 36.2. The lowest BCUT2D eigenvalue weighted by atomic mass is 10.0. The molecule has 0 saturated carbocycles. The van der Waals surface area contributed by atoms with E-state index in [0.717, 1.165) is 51.4 Å². The molecule has 0 bridgehead atoms. The number of rotatable bonds is 37. The molecule has 1 aliphatic rings. The molecule has 55 heavy (non-hydrogen) atoms. The average molecular weight is 797 g/mol. The Hall–Kier alpha value is -2.07. The normalized spacial score (nSPS) is 17.8. The molecule has 4 unspecified atom stereocenters. The minimum atomic E-state index is -4.39. The largest absolute Gasteiger partial charge is 0.472 e. The predicted molar refractivity (Wildman–Crippen MR) is 224 cm³/mol. The number of likely N-dealkylation sites (N-methyl/N-ethyl adjacent to an activating group) is 1. The van der Waals surface area contributed by atoms with E-state index in [-0.39, 0.29) is 32.0 Å². The van der Waals surface area contributed by atoms with Crippen LogP contribution < -0.4 is 0 Å². The lowest BCUT2D eigenvalue weighted by molar-refractivity contribution is -0.870. The third-order valence-electron chi connectivity index (χ3n) is 9.35. The number of epoxide rings is 1. The van der Waals surface area contributed by atoms with Gasteiger partial charge in [0.15, 0.2) is 6.10 Å². The van der Waals surface area contributed by atoms with Crippen LogP contribution in [-0.4, -0.2) is 87.1 Å². The van der Waals surface area contributed by atoms with E-state index in [9.17, 15) is 19.0 Å². The number of carbonyl (C=O) groups excluding carboxylic acids is 2. The third kappa shape index (κ3) is 33.8. The lowest BCUT2D eigenvalue weighted by Crippen LogP contribution is -2.37. The molecule has 0 aliphatic carbocycles. The molecule has 1 N–H and O–H groups in total. The van der Waals surface area contributed by atoms with Crippen LogP contribution in [-0.2, 0) is 37.4 Å². The van der Waals surface area contributed by atoms with E-state index >= 15 is 0 Å². The Kier molecular flexibility index (Phi) is 30.5. The Bertz CT molecular complexity index is 1150. The van der Waals surface area contributed by atoms with Crippen LogP contribution in [0.4, 0.5) is 0 Å². The molecule has 1 fully saturated rings. The van der Waals surface area contributed by atoms with Gasteiger partial charge in [0.25, 0.3) is 0 Å². The van der Waals surface area contributed by atoms with Crippen LogP contribution in [0.2, 0.25) is 0 Å². The summed E-state index contributed by atoms with van der Waals surface area (Å²) in [5.74, 6) is -0.871. The summed E-state index contributed by atoms with van der Waals surface area (Å²) in [5, 5.41) is 0. The van der Waals surface area contributed by atoms with E-state index < -0.39 is 26.5 Å². The number of phosphoric acid groups is 1. The predicted octanol–water partition coefficient (Wildman–Crippen LogP) is 10.9. The first-order valence-corrected chi connectivity index (χ1v) is 23.0. The highest BCUT2D eigenvalue weighted by molar-refractivity contribution is 7.47. The Morgan fingerprint density at radius 3 is 1.75 bits per heavy atom. The van der Waals surface area contributed by atoms with Crippen LogP contribution in [0.15, 0.2) is 48.6 Å². The number of ether oxygens (including phenoxy) is 3. The molecule has 1 saturated heterocycles. The van der Waals surface area contributed by atoms with E-state index in [0.29, 0.717) is 36.1 Å². The summed E-state index contributed by atoms with van der Waals surface area (Å²) in [5.41, 5.74) is 0. The molecule has 4 atom stereocenters. The average Bonchev–Trinajstić information content (AvgIpc) is 3.91. The minimum absolute atomic E-state index is 0.0185. The quantitative estimate of drug-likeness (QED) is 0.0163. The fourth-order valence-corrected chi connectivity index (χ4v) is 6.56. The number of phosphoric ester groups is 1. The molecule has 318 valence electrons. The van der Waals surface area contributed by atoms with Crippen molar-refractivity contribution in [2.75, 3.05) is 47.5 Å². The Morgan fingerprint density at radius 1 is 0.673 bits per heavy atom. The first-order valence-electron chi connectivity index (χ1n) is 21.5. The van der Waals surface area contributed by atoms with Gasteiger partial charge >= 0.3 is 19.8 Å². The third-order valence-corrected chi connectivity index (χ3v) is 10.3. The summed E-state index contributed by atoms with van der Waals surface area (Å²) < 4.78 is 39.7. The van der Waals surface area contributed by atoms with Crippen molar-refractivity contribution in [3.05, 3.63) is 48.6 Å². The number of nitrogens with zero attached hydrogens (tertiary/aromatic N) is 1. The van der Waals surface area contributed by atoms with Gasteiger partial charge in [0.1, 0.15) is 19.8 Å². The molecule has 10 nitrogen and oxygen atoms in total. The van der Waals surface area contributed by atoms with Gasteiger partial charge in [0.2, 0.25) is 0 Å². The zero-order valence-electron chi connectivity index (χ0n) is 35.3. The van der Waals surface area contributed by atoms with E-state index in [4.69, 9.17) is 23.3 Å². The fraction of sp³-hybridized carbons (Fsp3) is 0.773. The van der Waals surface area contributed by atoms with Gasteiger partial charge < -0.3 is 23.6 Å². The van der Waals surface area contributed by atoms with Gasteiger partial charge in [-0.2, -0.15) is 0 Å². The molecule has 0 aromatic carbocycles. The van der Waals surface area contributed by atoms with Gasteiger partial charge in [-0.1, -0.05) is 140 Å². The van der Waals surface area contributed by atoms with Gasteiger partial charge in [0, 0.05) is 12.8 Å². The highest BCUT2D eigenvalue weighted by atomic mass is 31.2. The standard InChI is InChI=1S/C44H78NO9P/c1-6-8-9-10-11-12-13-15-19-22-25-28-31-34-43(46)50-38-40(39-52-55(48,49)51-37-36-45(3,4)5)53-44(47)35-32-29-26-23-20-17-14-16-18-21-24-27-30-33-42-41(7-2)54-42/h14,17-18,21,23,26-27,30,40-42H,6-13,15-16,19-20,22,24-25,28-29,31-39H2,1-5H3/p+1. The Balaban J connectivity index is 2.32. The molecular weight excluding hydrogens is 717 g/mol. The van der Waals surface area contributed by atoms with Gasteiger partial charge in [0.05, 0.1) is 40.0 Å². The first-order chi connectivity index (χ1) is 26.5. The summed E-state index contributed by atoms with van der Waals surface area (Å²) in [4.78, 5) is 35.3. The van der Waals surface area contributed by atoms with Gasteiger partial charge in [-0.05, 0) is 51.4 Å². The number of unbranched alkanes of at least 4 members (excludes halogenated alkanes) is 13. The van der Waals surface area contributed by atoms with E-state index in [2.05, 4.69) is 56.4 Å². The van der Waals surface area contributed by atoms with Crippen LogP contribution in [0, 0.1) is 0 Å². The Morgan fingerprint density at radius 2 is 1.20 bits per heavy atom. The zero-order chi connectivity index (χ0) is 40.5. The van der Waals surface area contributed by atoms with Crippen molar-refractivity contribution in [2.45, 2.75) is 173 Å². The molecule has 11 heteroatoms. The van der Waals surface area contributed by atoms with Crippen molar-refractivity contribution in [1.29, 1.82) is 0 Å². The maximum absolute atomic E-state index is 12.7. The molecule has 0 aromatic heterocycles. The monoisotopic (exact) mass is 797 g/mol. The van der Waals surface area contributed by atoms with Crippen molar-refractivity contribution in [3.63, 3.8) is 0 Å². The van der Waals surface area contributed by atoms with Crippen molar-refractivity contribution in [1.82, 2.24) is 0 Å². The summed E-state index contributed by atoms with van der Waals surface area (Å²) in [6.45, 7) is 4.24. The minimum Gasteiger partial charge on any atom is -0.462 e. The summed E-state index contributed by atoms with van der Waals surface area (Å²) in [6.07, 6.45) is 39.3. The number of esters is 2. The molecule has 0 amide bonds. The number of allylic oxidation sites excluding steroid dienone is 7. The number of hydrogen-bond acceptors (Lipinski definition) is 8. The van der Waals surface area contributed by atoms with Crippen molar-refractivity contribution in [2.24, 2.45) is 0 Å². The van der Waals surface area contributed by atoms with Crippen LogP contribution in [0.1, 0.15) is 155 Å². The number of quaternary nitrogens is 1. The SMILES string of the molecule is CCCCCCCCCCCCCCCC(=O)OCC(COP(=O)(O)OCC[N+](C)(C)C)OC(=O)CCCC=CCC=CCC=CCC=CCC1OC1CC. The van der Waals surface area contributed by atoms with E-state index in [1.54, 1.807) is 0 Å². The molecule has 1 heterocycles. The van der Waals surface area contributed by atoms with Crippen LogP contribution in [0.5, 0.6) is 0 Å². The molecule has 1 rings (SSSR count). The van der Waals surface area contributed by atoms with Crippen LogP contribution >= 0.6 is 7.82 Å². The fourth-order valence-electron chi connectivity index (χ4n) is 5.82. The maximum Gasteiger partial charge on any atom is 0.472 e. The number of hydrogen-bond donors (Lipinski definition) is 1. The molecule has 1 aliphatic heterocycles. The maximum atomic E-state index is 12.7. The first kappa shape index (κ1) is 50.9. The highest BCUT2D eigenvalue weighted by Crippen LogP contribution is 2.43. The molecular formula is C44H79NO9P+. The molecule has 0 aromatic rings. The van der Waals surface area contributed by atoms with Gasteiger partial charge in [-0.15, -0.1) is 0 Å².